The van der Waals surface area contributed by atoms with Crippen LogP contribution in [0.1, 0.15) is 52.4 Å². The molecule has 0 aromatic heterocycles. The first-order valence-corrected chi connectivity index (χ1v) is 6.30. The fourth-order valence-electron chi connectivity index (χ4n) is 1.36. The predicted octanol–water partition coefficient (Wildman–Crippen LogP) is 1.79. The van der Waals surface area contributed by atoms with E-state index in [2.05, 4.69) is 13.8 Å². The smallest absolute Gasteiger partial charge is 0.412 e. The standard InChI is InChI=1S/C10H20O2.H2O.Sn/c1-3-5-7-9(10(11)12)8-6-4-2;;/h9H,3-8H2,1-2H3,(H,11,12);1H2;/q;;+1/p-1. The molecule has 0 aliphatic heterocycles. The Labute approximate surface area is 101 Å². The molecule has 0 bridgehead atoms. The van der Waals surface area contributed by atoms with Crippen molar-refractivity contribution in [3.05, 3.63) is 0 Å². The zero-order valence-electron chi connectivity index (χ0n) is 9.14. The molecule has 83 valence electrons. The van der Waals surface area contributed by atoms with Gasteiger partial charge in [-0.05, 0) is 0 Å². The van der Waals surface area contributed by atoms with Gasteiger partial charge in [-0.25, -0.2) is 0 Å². The second kappa shape index (κ2) is 11.3. The van der Waals surface area contributed by atoms with Crippen molar-refractivity contribution in [3.63, 3.8) is 0 Å². The number of carbonyl (C=O) groups excluding carboxylic acids is 1. The topological polar surface area (TPSA) is 57.8 Å². The van der Waals surface area contributed by atoms with Crippen LogP contribution < -0.4 is 0 Å². The van der Waals surface area contributed by atoms with Gasteiger partial charge in [0.25, 0.3) is 0 Å². The van der Waals surface area contributed by atoms with Gasteiger partial charge in [-0.2, -0.15) is 0 Å². The maximum atomic E-state index is 11.3. The van der Waals surface area contributed by atoms with Gasteiger partial charge in [0, 0.05) is 0 Å². The van der Waals surface area contributed by atoms with Crippen LogP contribution in [0.3, 0.4) is 0 Å². The quantitative estimate of drug-likeness (QED) is 0.673. The van der Waals surface area contributed by atoms with Gasteiger partial charge in [-0.3, -0.25) is 0 Å². The second-order valence-corrected chi connectivity index (χ2v) is 3.99. The van der Waals surface area contributed by atoms with Crippen molar-refractivity contribution in [3.8, 4) is 0 Å². The summed E-state index contributed by atoms with van der Waals surface area (Å²) in [5.41, 5.74) is 0. The van der Waals surface area contributed by atoms with Gasteiger partial charge in [0.05, 0.1) is 0 Å². The number of unbranched alkanes of at least 4 members (excludes halogenated alkanes) is 2. The first-order chi connectivity index (χ1) is 6.26. The summed E-state index contributed by atoms with van der Waals surface area (Å²) < 4.78 is 4.86. The number of rotatable bonds is 7. The first kappa shape index (κ1) is 16.7. The third kappa shape index (κ3) is 7.62. The maximum Gasteiger partial charge on any atom is -0.412 e. The summed E-state index contributed by atoms with van der Waals surface area (Å²) in [6, 6.07) is 0. The summed E-state index contributed by atoms with van der Waals surface area (Å²) in [4.78, 5) is 11.3. The van der Waals surface area contributed by atoms with Crippen LogP contribution in [0.5, 0.6) is 0 Å². The van der Waals surface area contributed by atoms with Crippen molar-refractivity contribution in [1.82, 2.24) is 0 Å². The Kier molecular flexibility index (Phi) is 13.4. The average molecular weight is 308 g/mol. The second-order valence-electron chi connectivity index (χ2n) is 3.40. The molecule has 0 saturated carbocycles. The molecule has 0 aliphatic rings. The molecule has 0 aliphatic carbocycles. The molecule has 0 atom stereocenters. The van der Waals surface area contributed by atoms with Crippen LogP contribution >= 0.6 is 0 Å². The Morgan fingerprint density at radius 2 is 1.64 bits per heavy atom. The molecule has 3 nitrogen and oxygen atoms in total. The van der Waals surface area contributed by atoms with E-state index in [9.17, 15) is 4.79 Å². The number of hydrogen-bond donors (Lipinski definition) is 0. The Bertz CT molecular complexity index is 131. The molecule has 2 N–H and O–H groups in total. The third-order valence-electron chi connectivity index (χ3n) is 2.25. The Morgan fingerprint density at radius 3 is 1.93 bits per heavy atom. The van der Waals surface area contributed by atoms with Gasteiger partial charge in [0.2, 0.25) is 0 Å². The molecule has 0 spiro atoms. The van der Waals surface area contributed by atoms with E-state index >= 15 is 0 Å². The molecular weight excluding hydrogens is 287 g/mol. The normalized spacial score (nSPS) is 9.71. The van der Waals surface area contributed by atoms with Gasteiger partial charge in [-0.1, -0.05) is 0 Å². The molecule has 0 saturated heterocycles. The van der Waals surface area contributed by atoms with E-state index in [1.807, 2.05) is 0 Å². The van der Waals surface area contributed by atoms with E-state index in [1.165, 1.54) is 0 Å². The largest absolute Gasteiger partial charge is 0.412 e. The van der Waals surface area contributed by atoms with E-state index < -0.39 is 0 Å². The van der Waals surface area contributed by atoms with Gasteiger partial charge in [0.15, 0.2) is 0 Å². The van der Waals surface area contributed by atoms with Crippen molar-refractivity contribution in [1.29, 1.82) is 0 Å². The van der Waals surface area contributed by atoms with E-state index in [0.717, 1.165) is 61.5 Å². The van der Waals surface area contributed by atoms with E-state index in [1.54, 1.807) is 0 Å². The molecule has 0 amide bonds. The first-order valence-electron chi connectivity index (χ1n) is 5.13. The molecule has 0 aromatic carbocycles. The maximum absolute atomic E-state index is 11.3. The van der Waals surface area contributed by atoms with Crippen LogP contribution in [0.2, 0.25) is 0 Å². The monoisotopic (exact) mass is 309 g/mol. The number of hydrogen-bond acceptors (Lipinski definition) is 2. The summed E-state index contributed by atoms with van der Waals surface area (Å²) >= 11 is 0.870. The molecule has 0 fully saturated rings. The van der Waals surface area contributed by atoms with Gasteiger partial charge < -0.3 is 5.48 Å². The minimum absolute atomic E-state index is 0. The van der Waals surface area contributed by atoms with Crippen LogP contribution in [0, 0.1) is 5.92 Å². The third-order valence-corrected chi connectivity index (χ3v) is 2.82. The molecular formula is C10H21O3Sn. The van der Waals surface area contributed by atoms with E-state index in [4.69, 9.17) is 3.07 Å². The predicted molar refractivity (Wildman–Crippen MR) is 58.0 cm³/mol. The van der Waals surface area contributed by atoms with Gasteiger partial charge in [-0.15, -0.1) is 0 Å². The van der Waals surface area contributed by atoms with Crippen molar-refractivity contribution < 1.29 is 13.3 Å². The van der Waals surface area contributed by atoms with Crippen LogP contribution in [0.15, 0.2) is 0 Å². The van der Waals surface area contributed by atoms with Crippen LogP contribution in [-0.4, -0.2) is 34.4 Å². The zero-order chi connectivity index (χ0) is 10.1. The molecule has 0 heterocycles. The molecule has 0 aromatic rings. The summed E-state index contributed by atoms with van der Waals surface area (Å²) in [6.45, 7) is 4.31. The van der Waals surface area contributed by atoms with E-state index in [0.29, 0.717) is 0 Å². The Balaban J connectivity index is 0. The van der Waals surface area contributed by atoms with E-state index in [-0.39, 0.29) is 17.4 Å². The van der Waals surface area contributed by atoms with Crippen LogP contribution in [0.25, 0.3) is 0 Å². The average Bonchev–Trinajstić information content (AvgIpc) is 2.17. The number of carbonyl (C=O) groups is 1. The van der Waals surface area contributed by atoms with Crippen molar-refractivity contribution in [2.45, 2.75) is 52.4 Å². The minimum Gasteiger partial charge on any atom is -0.412 e. The molecule has 14 heavy (non-hydrogen) atoms. The fraction of sp³-hybridized carbons (Fsp3) is 0.900. The fourth-order valence-corrected chi connectivity index (χ4v) is 1.84. The van der Waals surface area contributed by atoms with Crippen LogP contribution in [0.4, 0.5) is 0 Å². The van der Waals surface area contributed by atoms with Crippen molar-refractivity contribution in [2.24, 2.45) is 5.92 Å². The summed E-state index contributed by atoms with van der Waals surface area (Å²) in [7, 11) is 0. The Morgan fingerprint density at radius 1 is 1.21 bits per heavy atom. The summed E-state index contributed by atoms with van der Waals surface area (Å²) in [6.07, 6.45) is 6.60. The molecule has 4 heteroatoms. The Hall–Kier alpha value is 0.229. The molecule has 0 rings (SSSR count). The van der Waals surface area contributed by atoms with Gasteiger partial charge >= 0.3 is 95.1 Å². The summed E-state index contributed by atoms with van der Waals surface area (Å²) in [5.74, 6) is 0.180. The minimum atomic E-state index is 0. The van der Waals surface area contributed by atoms with Crippen molar-refractivity contribution >= 4 is 28.9 Å². The SMILES string of the molecule is CCCCC(CCCC)C(=O)[O][Sn].O. The zero-order valence-corrected chi connectivity index (χ0v) is 12.0. The molecule has 0 unspecified atom stereocenters. The molecule has 3 radical (unpaired) electrons. The van der Waals surface area contributed by atoms with Gasteiger partial charge in [0.1, 0.15) is 0 Å². The van der Waals surface area contributed by atoms with Crippen molar-refractivity contribution in [2.75, 3.05) is 0 Å². The van der Waals surface area contributed by atoms with Crippen LogP contribution in [-0.2, 0) is 7.87 Å². The summed E-state index contributed by atoms with van der Waals surface area (Å²) in [5, 5.41) is 0.